The highest BCUT2D eigenvalue weighted by Crippen LogP contribution is 2.27. The van der Waals surface area contributed by atoms with Crippen molar-refractivity contribution in [2.24, 2.45) is 0 Å². The van der Waals surface area contributed by atoms with E-state index < -0.39 is 10.0 Å². The van der Waals surface area contributed by atoms with Crippen molar-refractivity contribution in [1.82, 2.24) is 4.31 Å². The van der Waals surface area contributed by atoms with E-state index in [1.54, 1.807) is 13.2 Å². The smallest absolute Gasteiger partial charge is 0.243 e. The number of aliphatic hydroxyl groups is 1. The number of aliphatic hydroxyl groups excluding tert-OH is 1. The normalized spacial score (nSPS) is 19.9. The summed E-state index contributed by atoms with van der Waals surface area (Å²) in [4.78, 5) is 0.173. The fourth-order valence-electron chi connectivity index (χ4n) is 2.39. The predicted molar refractivity (Wildman–Crippen MR) is 77.7 cm³/mol. The third-order valence-corrected chi connectivity index (χ3v) is 5.44. The maximum Gasteiger partial charge on any atom is 0.243 e. The number of rotatable bonds is 6. The second kappa shape index (κ2) is 6.74. The van der Waals surface area contributed by atoms with Gasteiger partial charge >= 0.3 is 0 Å². The SMILES string of the molecule is CCOc1ccc(S(=O)(=O)N2CCC(OC)C2)cc1CO. The Balaban J connectivity index is 2.28. The third kappa shape index (κ3) is 3.37. The van der Waals surface area contributed by atoms with Crippen LogP contribution in [0.3, 0.4) is 0 Å². The molecule has 0 saturated carbocycles. The average molecular weight is 315 g/mol. The molecule has 0 radical (unpaired) electrons. The summed E-state index contributed by atoms with van der Waals surface area (Å²) >= 11 is 0. The van der Waals surface area contributed by atoms with Gasteiger partial charge in [0.05, 0.1) is 24.2 Å². The largest absolute Gasteiger partial charge is 0.494 e. The summed E-state index contributed by atoms with van der Waals surface area (Å²) in [7, 11) is -1.97. The molecule has 0 aromatic heterocycles. The van der Waals surface area contributed by atoms with Gasteiger partial charge in [0.15, 0.2) is 0 Å². The van der Waals surface area contributed by atoms with Crippen LogP contribution in [0, 0.1) is 0 Å². The second-order valence-electron chi connectivity index (χ2n) is 4.87. The molecule has 21 heavy (non-hydrogen) atoms. The zero-order chi connectivity index (χ0) is 15.5. The molecule has 0 bridgehead atoms. The number of methoxy groups -OCH3 is 1. The molecule has 1 saturated heterocycles. The van der Waals surface area contributed by atoms with E-state index >= 15 is 0 Å². The molecule has 0 amide bonds. The van der Waals surface area contributed by atoms with E-state index in [0.717, 1.165) is 0 Å². The van der Waals surface area contributed by atoms with Crippen LogP contribution in [0.2, 0.25) is 0 Å². The van der Waals surface area contributed by atoms with Gasteiger partial charge in [-0.25, -0.2) is 8.42 Å². The molecular formula is C14H21NO5S. The maximum atomic E-state index is 12.6. The van der Waals surface area contributed by atoms with Crippen LogP contribution in [0.15, 0.2) is 23.1 Å². The Morgan fingerprint density at radius 1 is 1.43 bits per heavy atom. The predicted octanol–water partition coefficient (Wildman–Crippen LogP) is 0.987. The van der Waals surface area contributed by atoms with Crippen molar-refractivity contribution in [1.29, 1.82) is 0 Å². The number of hydrogen-bond donors (Lipinski definition) is 1. The molecule has 118 valence electrons. The van der Waals surface area contributed by atoms with Gasteiger partial charge in [-0.1, -0.05) is 0 Å². The summed E-state index contributed by atoms with van der Waals surface area (Å²) in [5.41, 5.74) is 0.473. The van der Waals surface area contributed by atoms with Crippen molar-refractivity contribution >= 4 is 10.0 Å². The van der Waals surface area contributed by atoms with Crippen LogP contribution in [0.25, 0.3) is 0 Å². The Kier molecular flexibility index (Phi) is 5.21. The minimum Gasteiger partial charge on any atom is -0.494 e. The second-order valence-corrected chi connectivity index (χ2v) is 6.81. The number of benzene rings is 1. The molecule has 1 N–H and O–H groups in total. The Hall–Kier alpha value is -1.15. The van der Waals surface area contributed by atoms with Crippen molar-refractivity contribution in [3.8, 4) is 5.75 Å². The molecule has 1 unspecified atom stereocenters. The van der Waals surface area contributed by atoms with Crippen molar-refractivity contribution in [3.63, 3.8) is 0 Å². The number of nitrogens with zero attached hydrogens (tertiary/aromatic N) is 1. The Morgan fingerprint density at radius 3 is 2.76 bits per heavy atom. The number of ether oxygens (including phenoxy) is 2. The van der Waals surface area contributed by atoms with E-state index in [4.69, 9.17) is 9.47 Å². The molecule has 6 nitrogen and oxygen atoms in total. The maximum absolute atomic E-state index is 12.6. The van der Waals surface area contributed by atoms with Crippen LogP contribution in [0.4, 0.5) is 0 Å². The lowest BCUT2D eigenvalue weighted by Crippen LogP contribution is -2.30. The zero-order valence-corrected chi connectivity index (χ0v) is 13.1. The van der Waals surface area contributed by atoms with E-state index in [1.165, 1.54) is 16.4 Å². The fourth-order valence-corrected chi connectivity index (χ4v) is 3.93. The molecule has 7 heteroatoms. The van der Waals surface area contributed by atoms with Gasteiger partial charge in [-0.3, -0.25) is 0 Å². The highest BCUT2D eigenvalue weighted by molar-refractivity contribution is 7.89. The average Bonchev–Trinajstić information content (AvgIpc) is 2.97. The van der Waals surface area contributed by atoms with Gasteiger partial charge in [0, 0.05) is 25.8 Å². The van der Waals surface area contributed by atoms with Crippen LogP contribution in [-0.2, 0) is 21.4 Å². The first-order valence-corrected chi connectivity index (χ1v) is 8.36. The van der Waals surface area contributed by atoms with Crippen molar-refractivity contribution in [2.75, 3.05) is 26.8 Å². The van der Waals surface area contributed by atoms with Crippen LogP contribution in [0.5, 0.6) is 5.75 Å². The molecular weight excluding hydrogens is 294 g/mol. The van der Waals surface area contributed by atoms with E-state index in [9.17, 15) is 13.5 Å². The fraction of sp³-hybridized carbons (Fsp3) is 0.571. The lowest BCUT2D eigenvalue weighted by molar-refractivity contribution is 0.115. The van der Waals surface area contributed by atoms with Crippen LogP contribution in [0.1, 0.15) is 18.9 Å². The Morgan fingerprint density at radius 2 is 2.19 bits per heavy atom. The summed E-state index contributed by atoms with van der Waals surface area (Å²) in [6.45, 7) is 2.84. The minimum atomic E-state index is -3.56. The van der Waals surface area contributed by atoms with Gasteiger partial charge in [0.2, 0.25) is 10.0 Å². The molecule has 0 aliphatic carbocycles. The van der Waals surface area contributed by atoms with Crippen LogP contribution in [-0.4, -0.2) is 50.7 Å². The molecule has 1 fully saturated rings. The van der Waals surface area contributed by atoms with Gasteiger partial charge in [0.1, 0.15) is 5.75 Å². The molecule has 1 aliphatic rings. The van der Waals surface area contributed by atoms with Crippen LogP contribution < -0.4 is 4.74 Å². The van der Waals surface area contributed by atoms with E-state index in [-0.39, 0.29) is 17.6 Å². The Bertz CT molecular complexity index is 587. The van der Waals surface area contributed by atoms with E-state index in [1.807, 2.05) is 6.92 Å². The number of sulfonamides is 1. The summed E-state index contributed by atoms with van der Waals surface area (Å²) in [5.74, 6) is 0.509. The van der Waals surface area contributed by atoms with Crippen molar-refractivity contribution in [2.45, 2.75) is 31.0 Å². The van der Waals surface area contributed by atoms with Gasteiger partial charge < -0.3 is 14.6 Å². The van der Waals surface area contributed by atoms with Crippen molar-refractivity contribution < 1.29 is 23.0 Å². The molecule has 1 aromatic rings. The summed E-state index contributed by atoms with van der Waals surface area (Å²) < 4.78 is 37.1. The first-order valence-electron chi connectivity index (χ1n) is 6.92. The minimum absolute atomic E-state index is 0.0558. The first kappa shape index (κ1) is 16.2. The summed E-state index contributed by atoms with van der Waals surface area (Å²) in [6, 6.07) is 4.58. The molecule has 1 atom stereocenters. The highest BCUT2D eigenvalue weighted by atomic mass is 32.2. The topological polar surface area (TPSA) is 76.1 Å². The molecule has 1 heterocycles. The summed E-state index contributed by atoms with van der Waals surface area (Å²) in [5, 5.41) is 9.37. The van der Waals surface area contributed by atoms with Gasteiger partial charge in [-0.15, -0.1) is 0 Å². The Labute approximate surface area is 125 Å². The van der Waals surface area contributed by atoms with Gasteiger partial charge in [-0.05, 0) is 31.5 Å². The molecule has 1 aliphatic heterocycles. The van der Waals surface area contributed by atoms with E-state index in [0.29, 0.717) is 37.4 Å². The number of hydrogen-bond acceptors (Lipinski definition) is 5. The lowest BCUT2D eigenvalue weighted by atomic mass is 10.2. The molecule has 0 spiro atoms. The quantitative estimate of drug-likeness (QED) is 0.847. The zero-order valence-electron chi connectivity index (χ0n) is 12.3. The molecule has 1 aromatic carbocycles. The van der Waals surface area contributed by atoms with Crippen LogP contribution >= 0.6 is 0 Å². The van der Waals surface area contributed by atoms with E-state index in [2.05, 4.69) is 0 Å². The molecule has 2 rings (SSSR count). The standard InChI is InChI=1S/C14H21NO5S/c1-3-20-14-5-4-13(8-11(14)10-16)21(17,18)15-7-6-12(9-15)19-2/h4-5,8,12,16H,3,6-7,9-10H2,1-2H3. The summed E-state index contributed by atoms with van der Waals surface area (Å²) in [6.07, 6.45) is 0.638. The van der Waals surface area contributed by atoms with Gasteiger partial charge in [0.25, 0.3) is 0 Å². The van der Waals surface area contributed by atoms with Crippen molar-refractivity contribution in [3.05, 3.63) is 23.8 Å². The monoisotopic (exact) mass is 315 g/mol. The first-order chi connectivity index (χ1) is 10.0. The van der Waals surface area contributed by atoms with Gasteiger partial charge in [-0.2, -0.15) is 4.31 Å². The lowest BCUT2D eigenvalue weighted by Gasteiger charge is -2.17. The third-order valence-electron chi connectivity index (χ3n) is 3.58. The highest BCUT2D eigenvalue weighted by Gasteiger charge is 2.32.